The Bertz CT molecular complexity index is 292. The Hall–Kier alpha value is -0.820. The largest absolute Gasteiger partial charge is 0.303 e. The molecule has 1 aliphatic rings. The number of aryl methyl sites for hydroxylation is 1. The van der Waals surface area contributed by atoms with Crippen molar-refractivity contribution in [2.24, 2.45) is 0 Å². The SMILES string of the molecule is Cc1ccc(C2CC(C)N(C)C2)cc1. The Balaban J connectivity index is 2.13. The normalized spacial score (nSPS) is 28.2. The van der Waals surface area contributed by atoms with E-state index in [2.05, 4.69) is 50.1 Å². The first-order valence-corrected chi connectivity index (χ1v) is 5.43. The third-order valence-electron chi connectivity index (χ3n) is 3.44. The van der Waals surface area contributed by atoms with Crippen molar-refractivity contribution in [3.8, 4) is 0 Å². The molecule has 1 aliphatic heterocycles. The topological polar surface area (TPSA) is 3.24 Å². The van der Waals surface area contributed by atoms with E-state index in [1.165, 1.54) is 24.1 Å². The van der Waals surface area contributed by atoms with Crippen molar-refractivity contribution >= 4 is 0 Å². The number of likely N-dealkylation sites (tertiary alicyclic amines) is 1. The number of benzene rings is 1. The Labute approximate surface area is 86.7 Å². The number of likely N-dealkylation sites (N-methyl/N-ethyl adjacent to an activating group) is 1. The molecule has 76 valence electrons. The van der Waals surface area contributed by atoms with E-state index in [1.54, 1.807) is 0 Å². The molecule has 0 spiro atoms. The summed E-state index contributed by atoms with van der Waals surface area (Å²) in [6.45, 7) is 5.67. The van der Waals surface area contributed by atoms with Gasteiger partial charge in [-0.1, -0.05) is 29.8 Å². The number of hydrogen-bond acceptors (Lipinski definition) is 1. The lowest BCUT2D eigenvalue weighted by Crippen LogP contribution is -2.21. The van der Waals surface area contributed by atoms with Crippen LogP contribution in [0, 0.1) is 6.92 Å². The van der Waals surface area contributed by atoms with Crippen LogP contribution < -0.4 is 0 Å². The molecule has 2 atom stereocenters. The summed E-state index contributed by atoms with van der Waals surface area (Å²) in [5, 5.41) is 0. The molecule has 0 saturated carbocycles. The molecule has 2 unspecified atom stereocenters. The number of rotatable bonds is 1. The molecule has 0 N–H and O–H groups in total. The molecule has 0 bridgehead atoms. The average molecular weight is 189 g/mol. The summed E-state index contributed by atoms with van der Waals surface area (Å²) >= 11 is 0. The second-order valence-corrected chi connectivity index (χ2v) is 4.63. The second kappa shape index (κ2) is 3.74. The second-order valence-electron chi connectivity index (χ2n) is 4.63. The molecule has 1 aromatic carbocycles. The Morgan fingerprint density at radius 2 is 1.86 bits per heavy atom. The van der Waals surface area contributed by atoms with Crippen LogP contribution in [0.25, 0.3) is 0 Å². The molecule has 14 heavy (non-hydrogen) atoms. The third kappa shape index (κ3) is 1.83. The van der Waals surface area contributed by atoms with Gasteiger partial charge in [0.2, 0.25) is 0 Å². The highest BCUT2D eigenvalue weighted by molar-refractivity contribution is 5.25. The summed E-state index contributed by atoms with van der Waals surface area (Å²) in [6.07, 6.45) is 1.31. The van der Waals surface area contributed by atoms with Crippen LogP contribution in [-0.4, -0.2) is 24.5 Å². The maximum atomic E-state index is 2.45. The minimum atomic E-state index is 0.737. The maximum Gasteiger partial charge on any atom is 0.00704 e. The van der Waals surface area contributed by atoms with Crippen molar-refractivity contribution in [3.63, 3.8) is 0 Å². The fraction of sp³-hybridized carbons (Fsp3) is 0.538. The van der Waals surface area contributed by atoms with Crippen LogP contribution >= 0.6 is 0 Å². The molecule has 0 radical (unpaired) electrons. The molecule has 1 heteroatoms. The number of hydrogen-bond donors (Lipinski definition) is 0. The molecule has 0 aromatic heterocycles. The molecule has 2 rings (SSSR count). The fourth-order valence-corrected chi connectivity index (χ4v) is 2.27. The molecule has 1 fully saturated rings. The van der Waals surface area contributed by atoms with E-state index >= 15 is 0 Å². The van der Waals surface area contributed by atoms with E-state index < -0.39 is 0 Å². The van der Waals surface area contributed by atoms with Crippen LogP contribution in [0.3, 0.4) is 0 Å². The molecule has 0 amide bonds. The van der Waals surface area contributed by atoms with Gasteiger partial charge in [0, 0.05) is 12.6 Å². The lowest BCUT2D eigenvalue weighted by molar-refractivity contribution is 0.329. The summed E-state index contributed by atoms with van der Waals surface area (Å²) in [7, 11) is 2.22. The quantitative estimate of drug-likeness (QED) is 0.656. The van der Waals surface area contributed by atoms with Gasteiger partial charge in [-0.3, -0.25) is 0 Å². The maximum absolute atomic E-state index is 2.45. The van der Waals surface area contributed by atoms with Crippen molar-refractivity contribution in [1.29, 1.82) is 0 Å². The van der Waals surface area contributed by atoms with Gasteiger partial charge in [0.1, 0.15) is 0 Å². The molecular formula is C13H19N. The first-order chi connectivity index (χ1) is 6.66. The molecule has 1 nitrogen and oxygen atoms in total. The van der Waals surface area contributed by atoms with Crippen molar-refractivity contribution < 1.29 is 0 Å². The predicted molar refractivity (Wildman–Crippen MR) is 60.6 cm³/mol. The van der Waals surface area contributed by atoms with Crippen LogP contribution in [0.4, 0.5) is 0 Å². The Morgan fingerprint density at radius 1 is 1.21 bits per heavy atom. The van der Waals surface area contributed by atoms with Gasteiger partial charge in [-0.2, -0.15) is 0 Å². The lowest BCUT2D eigenvalue weighted by atomic mass is 9.96. The summed E-state index contributed by atoms with van der Waals surface area (Å²) in [5.74, 6) is 0.746. The molecule has 1 saturated heterocycles. The first-order valence-electron chi connectivity index (χ1n) is 5.43. The fourth-order valence-electron chi connectivity index (χ4n) is 2.27. The van der Waals surface area contributed by atoms with Crippen LogP contribution in [0.1, 0.15) is 30.4 Å². The summed E-state index contributed by atoms with van der Waals surface area (Å²) < 4.78 is 0. The van der Waals surface area contributed by atoms with Gasteiger partial charge in [0.05, 0.1) is 0 Å². The third-order valence-corrected chi connectivity index (χ3v) is 3.44. The minimum absolute atomic E-state index is 0.737. The highest BCUT2D eigenvalue weighted by atomic mass is 15.1. The first kappa shape index (κ1) is 9.72. The van der Waals surface area contributed by atoms with Crippen molar-refractivity contribution in [2.45, 2.75) is 32.2 Å². The van der Waals surface area contributed by atoms with Gasteiger partial charge in [0.15, 0.2) is 0 Å². The zero-order chi connectivity index (χ0) is 10.1. The zero-order valence-electron chi connectivity index (χ0n) is 9.33. The van der Waals surface area contributed by atoms with E-state index in [1.807, 2.05) is 0 Å². The summed E-state index contributed by atoms with van der Waals surface area (Å²) in [6, 6.07) is 9.75. The summed E-state index contributed by atoms with van der Waals surface area (Å²) in [4.78, 5) is 2.45. The smallest absolute Gasteiger partial charge is 0.00704 e. The Kier molecular flexibility index (Phi) is 2.60. The van der Waals surface area contributed by atoms with E-state index in [0.717, 1.165) is 12.0 Å². The van der Waals surface area contributed by atoms with Gasteiger partial charge in [-0.05, 0) is 38.8 Å². The van der Waals surface area contributed by atoms with Gasteiger partial charge < -0.3 is 4.90 Å². The Morgan fingerprint density at radius 3 is 2.36 bits per heavy atom. The van der Waals surface area contributed by atoms with E-state index in [-0.39, 0.29) is 0 Å². The van der Waals surface area contributed by atoms with Crippen molar-refractivity contribution in [1.82, 2.24) is 4.90 Å². The lowest BCUT2D eigenvalue weighted by Gasteiger charge is -2.12. The van der Waals surface area contributed by atoms with Crippen molar-refractivity contribution in [2.75, 3.05) is 13.6 Å². The predicted octanol–water partition coefficient (Wildman–Crippen LogP) is 2.80. The van der Waals surface area contributed by atoms with Crippen molar-refractivity contribution in [3.05, 3.63) is 35.4 Å². The molecule has 1 aromatic rings. The van der Waals surface area contributed by atoms with E-state index in [0.29, 0.717) is 0 Å². The van der Waals surface area contributed by atoms with Crippen LogP contribution in [-0.2, 0) is 0 Å². The average Bonchev–Trinajstić information content (AvgIpc) is 2.48. The monoisotopic (exact) mass is 189 g/mol. The minimum Gasteiger partial charge on any atom is -0.303 e. The van der Waals surface area contributed by atoms with Gasteiger partial charge in [-0.15, -0.1) is 0 Å². The zero-order valence-corrected chi connectivity index (χ0v) is 9.33. The molecule has 1 heterocycles. The molecular weight excluding hydrogens is 170 g/mol. The van der Waals surface area contributed by atoms with Gasteiger partial charge >= 0.3 is 0 Å². The highest BCUT2D eigenvalue weighted by Gasteiger charge is 2.26. The van der Waals surface area contributed by atoms with Gasteiger partial charge in [0.25, 0.3) is 0 Å². The van der Waals surface area contributed by atoms with Crippen LogP contribution in [0.5, 0.6) is 0 Å². The highest BCUT2D eigenvalue weighted by Crippen LogP contribution is 2.30. The van der Waals surface area contributed by atoms with E-state index in [9.17, 15) is 0 Å². The van der Waals surface area contributed by atoms with E-state index in [4.69, 9.17) is 0 Å². The summed E-state index contributed by atoms with van der Waals surface area (Å²) in [5.41, 5.74) is 2.86. The van der Waals surface area contributed by atoms with Crippen LogP contribution in [0.15, 0.2) is 24.3 Å². The standard InChI is InChI=1S/C13H19N/c1-10-4-6-12(7-5-10)13-8-11(2)14(3)9-13/h4-7,11,13H,8-9H2,1-3H3. The van der Waals surface area contributed by atoms with Gasteiger partial charge in [-0.25, -0.2) is 0 Å². The number of nitrogens with zero attached hydrogens (tertiary/aromatic N) is 1. The van der Waals surface area contributed by atoms with Crippen LogP contribution in [0.2, 0.25) is 0 Å². The molecule has 0 aliphatic carbocycles.